The second-order valence-corrected chi connectivity index (χ2v) is 7.10. The Hall–Kier alpha value is -1.13. The average molecular weight is 278 g/mol. The molecule has 0 aliphatic heterocycles. The summed E-state index contributed by atoms with van der Waals surface area (Å²) >= 11 is 0. The lowest BCUT2D eigenvalue weighted by atomic mass is 10.1. The van der Waals surface area contributed by atoms with Crippen LogP contribution in [0.15, 0.2) is 41.8 Å². The summed E-state index contributed by atoms with van der Waals surface area (Å²) in [6.45, 7) is 5.70. The Morgan fingerprint density at radius 2 is 1.84 bits per heavy atom. The number of hydrogen-bond donors (Lipinski definition) is 0. The van der Waals surface area contributed by atoms with Gasteiger partial charge in [0.05, 0.1) is 4.90 Å². The standard InChI is InChI=1S/C15H18O3S/c1-3-15(13-5-4-6-14(13)15)18-19(16,17)12-9-7-11(2)8-10-12/h3,7-10,13-14H,1,4-6H2,2H3/t13-,14+,15?. The van der Waals surface area contributed by atoms with Crippen molar-refractivity contribution in [1.82, 2.24) is 0 Å². The van der Waals surface area contributed by atoms with Crippen molar-refractivity contribution in [2.45, 2.75) is 36.7 Å². The molecule has 19 heavy (non-hydrogen) atoms. The second kappa shape index (κ2) is 4.18. The Labute approximate surface area is 114 Å². The Balaban J connectivity index is 1.86. The highest BCUT2D eigenvalue weighted by molar-refractivity contribution is 7.86. The fraction of sp³-hybridized carbons (Fsp3) is 0.467. The van der Waals surface area contributed by atoms with Crippen molar-refractivity contribution in [3.8, 4) is 0 Å². The van der Waals surface area contributed by atoms with Crippen molar-refractivity contribution in [2.75, 3.05) is 0 Å². The van der Waals surface area contributed by atoms with Crippen LogP contribution in [0.4, 0.5) is 0 Å². The maximum Gasteiger partial charge on any atom is 0.297 e. The van der Waals surface area contributed by atoms with Crippen molar-refractivity contribution < 1.29 is 12.6 Å². The molecular formula is C15H18O3S. The Kier molecular flexibility index (Phi) is 2.84. The van der Waals surface area contributed by atoms with Crippen LogP contribution in [0.5, 0.6) is 0 Å². The first-order chi connectivity index (χ1) is 8.99. The third kappa shape index (κ3) is 1.94. The average Bonchev–Trinajstić information content (AvgIpc) is 2.77. The molecule has 0 aromatic heterocycles. The van der Waals surface area contributed by atoms with Gasteiger partial charge in [-0.1, -0.05) is 30.2 Å². The zero-order chi connectivity index (χ0) is 13.7. The molecule has 3 nitrogen and oxygen atoms in total. The van der Waals surface area contributed by atoms with Gasteiger partial charge in [-0.3, -0.25) is 4.18 Å². The molecule has 1 aromatic rings. The molecule has 0 amide bonds. The van der Waals surface area contributed by atoms with Crippen LogP contribution in [0.2, 0.25) is 0 Å². The summed E-state index contributed by atoms with van der Waals surface area (Å²) in [5.41, 5.74) is 0.391. The van der Waals surface area contributed by atoms with Crippen molar-refractivity contribution in [2.24, 2.45) is 11.8 Å². The van der Waals surface area contributed by atoms with E-state index in [9.17, 15) is 8.42 Å². The topological polar surface area (TPSA) is 43.4 Å². The minimum Gasteiger partial charge on any atom is -0.255 e. The first-order valence-corrected chi connectivity index (χ1v) is 8.06. The molecule has 102 valence electrons. The largest absolute Gasteiger partial charge is 0.297 e. The van der Waals surface area contributed by atoms with E-state index in [1.165, 1.54) is 6.42 Å². The monoisotopic (exact) mass is 278 g/mol. The first-order valence-electron chi connectivity index (χ1n) is 6.65. The van der Waals surface area contributed by atoms with Gasteiger partial charge >= 0.3 is 0 Å². The summed E-state index contributed by atoms with van der Waals surface area (Å²) in [6.07, 6.45) is 4.94. The smallest absolute Gasteiger partial charge is 0.255 e. The number of aryl methyl sites for hydroxylation is 1. The molecule has 3 rings (SSSR count). The molecule has 2 aliphatic carbocycles. The third-order valence-electron chi connectivity index (χ3n) is 4.45. The van der Waals surface area contributed by atoms with Crippen molar-refractivity contribution in [3.05, 3.63) is 42.5 Å². The summed E-state index contributed by atoms with van der Waals surface area (Å²) < 4.78 is 30.2. The highest BCUT2D eigenvalue weighted by Crippen LogP contribution is 2.64. The van der Waals surface area contributed by atoms with Crippen molar-refractivity contribution >= 4 is 10.1 Å². The fourth-order valence-corrected chi connectivity index (χ4v) is 4.61. The molecule has 0 N–H and O–H groups in total. The van der Waals surface area contributed by atoms with Gasteiger partial charge in [0.15, 0.2) is 0 Å². The summed E-state index contributed by atoms with van der Waals surface area (Å²) in [5.74, 6) is 0.676. The lowest BCUT2D eigenvalue weighted by Crippen LogP contribution is -2.23. The van der Waals surface area contributed by atoms with Crippen LogP contribution < -0.4 is 0 Å². The molecule has 2 aliphatic rings. The molecule has 1 aromatic carbocycles. The fourth-order valence-electron chi connectivity index (χ4n) is 3.35. The Morgan fingerprint density at radius 3 is 2.37 bits per heavy atom. The lowest BCUT2D eigenvalue weighted by Gasteiger charge is -2.17. The predicted molar refractivity (Wildman–Crippen MR) is 73.2 cm³/mol. The molecule has 3 atom stereocenters. The van der Waals surface area contributed by atoms with Gasteiger partial charge < -0.3 is 0 Å². The van der Waals surface area contributed by atoms with Gasteiger partial charge in [-0.05, 0) is 43.7 Å². The minimum absolute atomic E-state index is 0.226. The molecule has 0 spiro atoms. The van der Waals surface area contributed by atoms with Gasteiger partial charge in [-0.2, -0.15) is 8.42 Å². The minimum atomic E-state index is -3.70. The first kappa shape index (κ1) is 12.9. The molecule has 2 saturated carbocycles. The normalized spacial score (nSPS) is 32.9. The quantitative estimate of drug-likeness (QED) is 0.628. The maximum absolute atomic E-state index is 12.3. The molecule has 2 fully saturated rings. The zero-order valence-electron chi connectivity index (χ0n) is 11.0. The van der Waals surface area contributed by atoms with Crippen LogP contribution in [0.25, 0.3) is 0 Å². The Bertz CT molecular complexity index is 591. The van der Waals surface area contributed by atoms with Gasteiger partial charge in [-0.25, -0.2) is 0 Å². The highest BCUT2D eigenvalue weighted by atomic mass is 32.2. The van der Waals surface area contributed by atoms with Crippen LogP contribution in [-0.2, 0) is 14.3 Å². The number of hydrogen-bond acceptors (Lipinski definition) is 3. The van der Waals surface area contributed by atoms with E-state index in [4.69, 9.17) is 4.18 Å². The van der Waals surface area contributed by atoms with E-state index in [-0.39, 0.29) is 4.90 Å². The summed E-state index contributed by atoms with van der Waals surface area (Å²) in [6, 6.07) is 6.76. The van der Waals surface area contributed by atoms with E-state index in [0.717, 1.165) is 18.4 Å². The van der Waals surface area contributed by atoms with Crippen LogP contribution in [0.3, 0.4) is 0 Å². The summed E-state index contributed by atoms with van der Waals surface area (Å²) in [5, 5.41) is 0. The number of rotatable bonds is 4. The van der Waals surface area contributed by atoms with E-state index in [2.05, 4.69) is 6.58 Å². The van der Waals surface area contributed by atoms with Crippen LogP contribution in [0, 0.1) is 18.8 Å². The van der Waals surface area contributed by atoms with E-state index >= 15 is 0 Å². The van der Waals surface area contributed by atoms with E-state index in [0.29, 0.717) is 11.8 Å². The summed E-state index contributed by atoms with van der Waals surface area (Å²) in [7, 11) is -3.70. The van der Waals surface area contributed by atoms with E-state index < -0.39 is 15.7 Å². The molecule has 4 heteroatoms. The SMILES string of the molecule is C=CC1(OS(=O)(=O)c2ccc(C)cc2)[C@@H]2CCC[C@@H]21. The number of fused-ring (bicyclic) bond motifs is 1. The number of benzene rings is 1. The van der Waals surface area contributed by atoms with Gasteiger partial charge in [-0.15, -0.1) is 6.58 Å². The maximum atomic E-state index is 12.3. The summed E-state index contributed by atoms with van der Waals surface area (Å²) in [4.78, 5) is 0.226. The Morgan fingerprint density at radius 1 is 1.26 bits per heavy atom. The van der Waals surface area contributed by atoms with Gasteiger partial charge in [0.2, 0.25) is 0 Å². The van der Waals surface area contributed by atoms with Crippen LogP contribution in [-0.4, -0.2) is 14.0 Å². The molecule has 0 heterocycles. The molecule has 1 unspecified atom stereocenters. The third-order valence-corrected chi connectivity index (χ3v) is 5.81. The van der Waals surface area contributed by atoms with Gasteiger partial charge in [0, 0.05) is 0 Å². The van der Waals surface area contributed by atoms with E-state index in [1.54, 1.807) is 30.3 Å². The second-order valence-electron chi connectivity index (χ2n) is 5.55. The van der Waals surface area contributed by atoms with E-state index in [1.807, 2.05) is 6.92 Å². The molecule has 0 radical (unpaired) electrons. The predicted octanol–water partition coefficient (Wildman–Crippen LogP) is 3.06. The molecule has 0 bridgehead atoms. The highest BCUT2D eigenvalue weighted by Gasteiger charge is 2.67. The van der Waals surface area contributed by atoms with Crippen LogP contribution in [0.1, 0.15) is 24.8 Å². The lowest BCUT2D eigenvalue weighted by molar-refractivity contribution is 0.192. The van der Waals surface area contributed by atoms with Crippen molar-refractivity contribution in [1.29, 1.82) is 0 Å². The van der Waals surface area contributed by atoms with Gasteiger partial charge in [0.1, 0.15) is 5.60 Å². The van der Waals surface area contributed by atoms with Gasteiger partial charge in [0.25, 0.3) is 10.1 Å². The van der Waals surface area contributed by atoms with Crippen molar-refractivity contribution in [3.63, 3.8) is 0 Å². The zero-order valence-corrected chi connectivity index (χ0v) is 11.8. The molecule has 0 saturated heterocycles. The van der Waals surface area contributed by atoms with Crippen LogP contribution >= 0.6 is 0 Å². The molecular weight excluding hydrogens is 260 g/mol.